The van der Waals surface area contributed by atoms with Gasteiger partial charge in [-0.05, 0) is 30.2 Å². The number of carbonyl (C=O) groups is 1. The third-order valence-corrected chi connectivity index (χ3v) is 3.28. The predicted octanol–water partition coefficient (Wildman–Crippen LogP) is 3.16. The van der Waals surface area contributed by atoms with Gasteiger partial charge in [0, 0.05) is 18.2 Å². The molecule has 1 heterocycles. The highest BCUT2D eigenvalue weighted by molar-refractivity contribution is 5.91. The number of aromatic nitrogens is 1. The molecule has 1 aromatic carbocycles. The molecule has 0 unspecified atom stereocenters. The predicted molar refractivity (Wildman–Crippen MR) is 78.6 cm³/mol. The normalized spacial score (nSPS) is 11.3. The van der Waals surface area contributed by atoms with Gasteiger partial charge in [-0.1, -0.05) is 12.1 Å². The first-order valence-electron chi connectivity index (χ1n) is 6.90. The van der Waals surface area contributed by atoms with Crippen molar-refractivity contribution >= 4 is 11.6 Å². The van der Waals surface area contributed by atoms with Gasteiger partial charge in [-0.25, -0.2) is 0 Å². The van der Waals surface area contributed by atoms with Crippen LogP contribution in [-0.2, 0) is 24.0 Å². The van der Waals surface area contributed by atoms with Crippen molar-refractivity contribution in [3.8, 4) is 0 Å². The first kappa shape index (κ1) is 17.0. The summed E-state index contributed by atoms with van der Waals surface area (Å²) in [5.74, 6) is -0.299. The van der Waals surface area contributed by atoms with E-state index < -0.39 is 11.7 Å². The number of nitrogens with zero attached hydrogens (tertiary/aromatic N) is 1. The van der Waals surface area contributed by atoms with E-state index in [2.05, 4.69) is 10.3 Å². The van der Waals surface area contributed by atoms with E-state index in [9.17, 15) is 18.0 Å². The highest BCUT2D eigenvalue weighted by Gasteiger charge is 2.29. The monoisotopic (exact) mass is 324 g/mol. The van der Waals surface area contributed by atoms with Crippen LogP contribution in [0, 0.1) is 0 Å². The van der Waals surface area contributed by atoms with Crippen LogP contribution in [0.1, 0.15) is 23.1 Å². The van der Waals surface area contributed by atoms with Crippen LogP contribution in [0.2, 0.25) is 0 Å². The number of hydrogen-bond donors (Lipinski definition) is 2. The Bertz CT molecular complexity index is 670. The Morgan fingerprint density at radius 1 is 1.17 bits per heavy atom. The van der Waals surface area contributed by atoms with Crippen LogP contribution >= 0.6 is 0 Å². The van der Waals surface area contributed by atoms with Gasteiger partial charge in [-0.2, -0.15) is 13.2 Å². The summed E-state index contributed by atoms with van der Waals surface area (Å²) >= 11 is 0. The number of anilines is 1. The molecule has 1 amide bonds. The molecule has 2 N–H and O–H groups in total. The number of alkyl halides is 3. The lowest BCUT2D eigenvalue weighted by Crippen LogP contribution is -2.14. The molecule has 2 aromatic rings. The molecule has 23 heavy (non-hydrogen) atoms. The Morgan fingerprint density at radius 2 is 1.87 bits per heavy atom. The van der Waals surface area contributed by atoms with E-state index in [1.807, 2.05) is 0 Å². The SMILES string of the molecule is O=C(CCc1ccc(C(F)(F)F)cc1)Nc1cnccc1CO. The minimum absolute atomic E-state index is 0.116. The highest BCUT2D eigenvalue weighted by atomic mass is 19.4. The van der Waals surface area contributed by atoms with Crippen molar-refractivity contribution in [3.05, 3.63) is 59.4 Å². The maximum atomic E-state index is 12.5. The van der Waals surface area contributed by atoms with Crippen LogP contribution in [0.25, 0.3) is 0 Å². The standard InChI is InChI=1S/C16H15F3N2O2/c17-16(18,19)13-4-1-11(2-5-13)3-6-15(23)21-14-9-20-8-7-12(14)10-22/h1-2,4-5,7-9,22H,3,6,10H2,(H,21,23). The molecule has 0 aliphatic rings. The Labute approximate surface area is 131 Å². The fourth-order valence-electron chi connectivity index (χ4n) is 2.00. The molecule has 122 valence electrons. The number of aryl methyl sites for hydroxylation is 1. The second-order valence-electron chi connectivity index (χ2n) is 4.93. The lowest BCUT2D eigenvalue weighted by molar-refractivity contribution is -0.137. The molecule has 0 aliphatic heterocycles. The Hall–Kier alpha value is -2.41. The van der Waals surface area contributed by atoms with Crippen LogP contribution in [-0.4, -0.2) is 16.0 Å². The van der Waals surface area contributed by atoms with Gasteiger partial charge in [-0.3, -0.25) is 9.78 Å². The molecule has 0 radical (unpaired) electrons. The van der Waals surface area contributed by atoms with E-state index in [4.69, 9.17) is 5.11 Å². The highest BCUT2D eigenvalue weighted by Crippen LogP contribution is 2.29. The first-order chi connectivity index (χ1) is 10.9. The van der Waals surface area contributed by atoms with Crippen LogP contribution < -0.4 is 5.32 Å². The minimum Gasteiger partial charge on any atom is -0.392 e. The molecular formula is C16H15F3N2O2. The maximum Gasteiger partial charge on any atom is 0.416 e. The Morgan fingerprint density at radius 3 is 2.48 bits per heavy atom. The van der Waals surface area contributed by atoms with Crippen LogP contribution in [0.5, 0.6) is 0 Å². The van der Waals surface area contributed by atoms with Gasteiger partial charge in [0.2, 0.25) is 5.91 Å². The van der Waals surface area contributed by atoms with E-state index in [1.54, 1.807) is 6.07 Å². The summed E-state index contributed by atoms with van der Waals surface area (Å²) in [5, 5.41) is 11.8. The van der Waals surface area contributed by atoms with Gasteiger partial charge in [0.15, 0.2) is 0 Å². The van der Waals surface area contributed by atoms with Gasteiger partial charge in [-0.15, -0.1) is 0 Å². The van der Waals surface area contributed by atoms with Gasteiger partial charge in [0.25, 0.3) is 0 Å². The average molecular weight is 324 g/mol. The molecule has 0 saturated heterocycles. The molecule has 0 aliphatic carbocycles. The molecule has 1 aromatic heterocycles. The molecule has 0 fully saturated rings. The fraction of sp³-hybridized carbons (Fsp3) is 0.250. The number of carbonyl (C=O) groups excluding carboxylic acids is 1. The lowest BCUT2D eigenvalue weighted by atomic mass is 10.1. The van der Waals surface area contributed by atoms with Gasteiger partial charge in [0.1, 0.15) is 0 Å². The number of hydrogen-bond acceptors (Lipinski definition) is 3. The quantitative estimate of drug-likeness (QED) is 0.888. The van der Waals surface area contributed by atoms with Crippen LogP contribution in [0.4, 0.5) is 18.9 Å². The Kier molecular flexibility index (Phi) is 5.33. The average Bonchev–Trinajstić information content (AvgIpc) is 2.53. The minimum atomic E-state index is -4.36. The third-order valence-electron chi connectivity index (χ3n) is 3.28. The van der Waals surface area contributed by atoms with Crippen molar-refractivity contribution < 1.29 is 23.1 Å². The Balaban J connectivity index is 1.92. The molecule has 7 heteroatoms. The van der Waals surface area contributed by atoms with Gasteiger partial charge < -0.3 is 10.4 Å². The zero-order chi connectivity index (χ0) is 16.9. The summed E-state index contributed by atoms with van der Waals surface area (Å²) < 4.78 is 37.4. The number of aliphatic hydroxyl groups is 1. The molecule has 0 spiro atoms. The number of pyridine rings is 1. The summed E-state index contributed by atoms with van der Waals surface area (Å²) in [4.78, 5) is 15.7. The number of halogens is 3. The summed E-state index contributed by atoms with van der Waals surface area (Å²) in [6, 6.07) is 6.31. The molecule has 0 bridgehead atoms. The number of nitrogens with one attached hydrogen (secondary N) is 1. The van der Waals surface area contributed by atoms with E-state index in [1.165, 1.54) is 24.5 Å². The number of amides is 1. The molecular weight excluding hydrogens is 309 g/mol. The van der Waals surface area contributed by atoms with Crippen molar-refractivity contribution in [1.82, 2.24) is 4.98 Å². The third kappa shape index (κ3) is 4.79. The van der Waals surface area contributed by atoms with E-state index >= 15 is 0 Å². The molecule has 0 saturated carbocycles. The van der Waals surface area contributed by atoms with E-state index in [-0.39, 0.29) is 18.9 Å². The van der Waals surface area contributed by atoms with E-state index in [0.29, 0.717) is 23.2 Å². The lowest BCUT2D eigenvalue weighted by Gasteiger charge is -2.09. The molecule has 0 atom stereocenters. The van der Waals surface area contributed by atoms with E-state index in [0.717, 1.165) is 12.1 Å². The largest absolute Gasteiger partial charge is 0.416 e. The summed E-state index contributed by atoms with van der Waals surface area (Å²) in [6.45, 7) is -0.225. The zero-order valence-corrected chi connectivity index (χ0v) is 12.1. The second-order valence-corrected chi connectivity index (χ2v) is 4.93. The molecule has 2 rings (SSSR count). The first-order valence-corrected chi connectivity index (χ1v) is 6.90. The summed E-state index contributed by atoms with van der Waals surface area (Å²) in [6.07, 6.45) is -0.994. The number of aliphatic hydroxyl groups excluding tert-OH is 1. The zero-order valence-electron chi connectivity index (χ0n) is 12.1. The topological polar surface area (TPSA) is 62.2 Å². The van der Waals surface area contributed by atoms with Crippen LogP contribution in [0.3, 0.4) is 0 Å². The fourth-order valence-corrected chi connectivity index (χ4v) is 2.00. The van der Waals surface area contributed by atoms with Crippen molar-refractivity contribution in [2.75, 3.05) is 5.32 Å². The molecule has 4 nitrogen and oxygen atoms in total. The van der Waals surface area contributed by atoms with Crippen molar-refractivity contribution in [3.63, 3.8) is 0 Å². The number of benzene rings is 1. The van der Waals surface area contributed by atoms with Crippen molar-refractivity contribution in [2.24, 2.45) is 0 Å². The maximum absolute atomic E-state index is 12.5. The van der Waals surface area contributed by atoms with Gasteiger partial charge in [0.05, 0.1) is 24.1 Å². The van der Waals surface area contributed by atoms with Crippen molar-refractivity contribution in [2.45, 2.75) is 25.6 Å². The smallest absolute Gasteiger partial charge is 0.392 e. The van der Waals surface area contributed by atoms with Crippen molar-refractivity contribution in [1.29, 1.82) is 0 Å². The summed E-state index contributed by atoms with van der Waals surface area (Å²) in [7, 11) is 0. The van der Waals surface area contributed by atoms with Gasteiger partial charge >= 0.3 is 6.18 Å². The second kappa shape index (κ2) is 7.23. The van der Waals surface area contributed by atoms with Crippen LogP contribution in [0.15, 0.2) is 42.7 Å². The summed E-state index contributed by atoms with van der Waals surface area (Å²) in [5.41, 5.74) is 0.894. The number of rotatable bonds is 5.